The van der Waals surface area contributed by atoms with E-state index in [1.807, 2.05) is 11.8 Å². The van der Waals surface area contributed by atoms with E-state index in [0.717, 1.165) is 38.0 Å². The maximum atomic E-state index is 12.4. The number of carbonyl (C=O) groups excluding carboxylic acids is 1. The van der Waals surface area contributed by atoms with Gasteiger partial charge in [0.05, 0.1) is 5.69 Å². The number of nitrogens with zero attached hydrogens (tertiary/aromatic N) is 3. The Morgan fingerprint density at radius 2 is 2.09 bits per heavy atom. The van der Waals surface area contributed by atoms with Crippen LogP contribution in [0.1, 0.15) is 50.1 Å². The van der Waals surface area contributed by atoms with Crippen molar-refractivity contribution in [3.8, 4) is 0 Å². The van der Waals surface area contributed by atoms with Gasteiger partial charge >= 0.3 is 0 Å². The van der Waals surface area contributed by atoms with Gasteiger partial charge in [0.2, 0.25) is 5.91 Å². The van der Waals surface area contributed by atoms with Crippen LogP contribution in [0, 0.1) is 19.8 Å². The lowest BCUT2D eigenvalue weighted by molar-refractivity contribution is -0.131. The molecule has 2 heterocycles. The Balaban J connectivity index is 0.00000264. The lowest BCUT2D eigenvalue weighted by atomic mass is 10.1. The van der Waals surface area contributed by atoms with E-state index in [0.29, 0.717) is 18.9 Å². The lowest BCUT2D eigenvalue weighted by Crippen LogP contribution is -2.40. The first-order valence-electron chi connectivity index (χ1n) is 8.46. The predicted octanol–water partition coefficient (Wildman–Crippen LogP) is 2.46. The van der Waals surface area contributed by atoms with Crippen molar-refractivity contribution < 1.29 is 4.79 Å². The van der Waals surface area contributed by atoms with E-state index >= 15 is 0 Å². The molecule has 0 bridgehead atoms. The van der Waals surface area contributed by atoms with Gasteiger partial charge in [0.25, 0.3) is 0 Å². The third-order valence-electron chi connectivity index (χ3n) is 4.63. The normalized spacial score (nSPS) is 17.7. The van der Waals surface area contributed by atoms with Crippen LogP contribution in [-0.2, 0) is 17.8 Å². The van der Waals surface area contributed by atoms with Crippen LogP contribution in [0.4, 0.5) is 0 Å². The molecule has 1 atom stereocenters. The van der Waals surface area contributed by atoms with Gasteiger partial charge in [-0.2, -0.15) is 5.10 Å². The molecule has 0 aliphatic carbocycles. The molecule has 0 spiro atoms. The number of nitrogens with two attached hydrogens (primary N) is 1. The molecule has 1 amide bonds. The summed E-state index contributed by atoms with van der Waals surface area (Å²) < 4.78 is 2.08. The first kappa shape index (κ1) is 20.0. The Labute approximate surface area is 146 Å². The summed E-state index contributed by atoms with van der Waals surface area (Å²) in [4.78, 5) is 14.4. The second kappa shape index (κ2) is 8.69. The van der Waals surface area contributed by atoms with Gasteiger partial charge in [-0.3, -0.25) is 9.48 Å². The molecular formula is C17H31ClN4O. The first-order chi connectivity index (χ1) is 10.4. The Bertz CT molecular complexity index is 527. The lowest BCUT2D eigenvalue weighted by Gasteiger charge is -2.23. The van der Waals surface area contributed by atoms with E-state index < -0.39 is 0 Å². The van der Waals surface area contributed by atoms with Crippen molar-refractivity contribution in [1.29, 1.82) is 0 Å². The standard InChI is InChI=1S/C17H30N4O.ClH/c1-12(2)11-21-14(4)16(13(3)19-21)7-8-17(22)20-9-5-6-15(20)10-18;/h12,15H,5-11,18H2,1-4H3;1H. The Morgan fingerprint density at radius 3 is 2.70 bits per heavy atom. The van der Waals surface area contributed by atoms with E-state index in [9.17, 15) is 4.79 Å². The van der Waals surface area contributed by atoms with Crippen molar-refractivity contribution in [2.45, 2.75) is 66.0 Å². The van der Waals surface area contributed by atoms with Crippen molar-refractivity contribution in [2.75, 3.05) is 13.1 Å². The summed E-state index contributed by atoms with van der Waals surface area (Å²) in [7, 11) is 0. The molecule has 6 heteroatoms. The molecule has 0 radical (unpaired) electrons. The number of aromatic nitrogens is 2. The third-order valence-corrected chi connectivity index (χ3v) is 4.63. The van der Waals surface area contributed by atoms with Gasteiger partial charge in [0.15, 0.2) is 0 Å². The SMILES string of the molecule is Cc1nn(CC(C)C)c(C)c1CCC(=O)N1CCCC1CN.Cl. The molecule has 2 N–H and O–H groups in total. The second-order valence-corrected chi connectivity index (χ2v) is 6.84. The van der Waals surface area contributed by atoms with E-state index in [1.54, 1.807) is 0 Å². The van der Waals surface area contributed by atoms with Gasteiger partial charge in [-0.15, -0.1) is 12.4 Å². The van der Waals surface area contributed by atoms with Crippen LogP contribution in [0.2, 0.25) is 0 Å². The molecule has 1 aliphatic heterocycles. The maximum Gasteiger partial charge on any atom is 0.223 e. The van der Waals surface area contributed by atoms with Gasteiger partial charge in [0.1, 0.15) is 0 Å². The van der Waals surface area contributed by atoms with Crippen molar-refractivity contribution >= 4 is 18.3 Å². The van der Waals surface area contributed by atoms with E-state index in [2.05, 4.69) is 30.6 Å². The van der Waals surface area contributed by atoms with Crippen molar-refractivity contribution in [2.24, 2.45) is 11.7 Å². The largest absolute Gasteiger partial charge is 0.338 e. The highest BCUT2D eigenvalue weighted by molar-refractivity contribution is 5.85. The smallest absolute Gasteiger partial charge is 0.223 e. The topological polar surface area (TPSA) is 64.2 Å². The van der Waals surface area contributed by atoms with Crippen LogP contribution in [-0.4, -0.2) is 39.7 Å². The van der Waals surface area contributed by atoms with E-state index in [4.69, 9.17) is 5.73 Å². The quantitative estimate of drug-likeness (QED) is 0.863. The highest BCUT2D eigenvalue weighted by atomic mass is 35.5. The van der Waals surface area contributed by atoms with Gasteiger partial charge < -0.3 is 10.6 Å². The van der Waals surface area contributed by atoms with Crippen LogP contribution in [0.5, 0.6) is 0 Å². The van der Waals surface area contributed by atoms with Gasteiger partial charge in [0, 0.05) is 37.8 Å². The molecule has 1 unspecified atom stereocenters. The molecular weight excluding hydrogens is 312 g/mol. The van der Waals surface area contributed by atoms with Crippen molar-refractivity contribution in [1.82, 2.24) is 14.7 Å². The fraction of sp³-hybridized carbons (Fsp3) is 0.765. The zero-order chi connectivity index (χ0) is 16.3. The number of hydrogen-bond donors (Lipinski definition) is 1. The Morgan fingerprint density at radius 1 is 1.39 bits per heavy atom. The summed E-state index contributed by atoms with van der Waals surface area (Å²) in [5, 5.41) is 4.63. The molecule has 1 saturated heterocycles. The number of aryl methyl sites for hydroxylation is 1. The minimum Gasteiger partial charge on any atom is -0.338 e. The Hall–Kier alpha value is -1.07. The molecule has 1 aliphatic rings. The maximum absolute atomic E-state index is 12.4. The molecule has 5 nitrogen and oxygen atoms in total. The number of amides is 1. The number of halogens is 1. The predicted molar refractivity (Wildman–Crippen MR) is 95.9 cm³/mol. The fourth-order valence-corrected chi connectivity index (χ4v) is 3.40. The number of rotatable bonds is 6. The summed E-state index contributed by atoms with van der Waals surface area (Å²) in [5.74, 6) is 0.811. The highest BCUT2D eigenvalue weighted by Gasteiger charge is 2.27. The average molecular weight is 343 g/mol. The summed E-state index contributed by atoms with van der Waals surface area (Å²) >= 11 is 0. The summed E-state index contributed by atoms with van der Waals surface area (Å²) in [6.07, 6.45) is 3.47. The van der Waals surface area contributed by atoms with Gasteiger partial charge in [-0.25, -0.2) is 0 Å². The van der Waals surface area contributed by atoms with Crippen molar-refractivity contribution in [3.05, 3.63) is 17.0 Å². The summed E-state index contributed by atoms with van der Waals surface area (Å²) in [6, 6.07) is 0.248. The minimum absolute atomic E-state index is 0. The average Bonchev–Trinajstić information content (AvgIpc) is 3.02. The molecule has 0 saturated carbocycles. The molecule has 1 fully saturated rings. The second-order valence-electron chi connectivity index (χ2n) is 6.84. The van der Waals surface area contributed by atoms with E-state index in [-0.39, 0.29) is 24.4 Å². The van der Waals surface area contributed by atoms with E-state index in [1.165, 1.54) is 11.3 Å². The summed E-state index contributed by atoms with van der Waals surface area (Å²) in [5.41, 5.74) is 9.26. The Kier molecular flexibility index (Phi) is 7.55. The van der Waals surface area contributed by atoms with Crippen LogP contribution in [0.15, 0.2) is 0 Å². The molecule has 1 aromatic heterocycles. The zero-order valence-electron chi connectivity index (χ0n) is 14.8. The van der Waals surface area contributed by atoms with Gasteiger partial charge in [-0.05, 0) is 44.6 Å². The van der Waals surface area contributed by atoms with Gasteiger partial charge in [-0.1, -0.05) is 13.8 Å². The van der Waals surface area contributed by atoms with Crippen LogP contribution >= 0.6 is 12.4 Å². The minimum atomic E-state index is 0. The van der Waals surface area contributed by atoms with Crippen molar-refractivity contribution in [3.63, 3.8) is 0 Å². The first-order valence-corrected chi connectivity index (χ1v) is 8.46. The monoisotopic (exact) mass is 342 g/mol. The number of carbonyl (C=O) groups is 1. The third kappa shape index (κ3) is 4.70. The molecule has 23 heavy (non-hydrogen) atoms. The highest BCUT2D eigenvalue weighted by Crippen LogP contribution is 2.20. The molecule has 132 valence electrons. The van der Waals surface area contributed by atoms with Crippen LogP contribution < -0.4 is 5.73 Å². The van der Waals surface area contributed by atoms with Crippen LogP contribution in [0.25, 0.3) is 0 Å². The fourth-order valence-electron chi connectivity index (χ4n) is 3.40. The zero-order valence-corrected chi connectivity index (χ0v) is 15.7. The molecule has 1 aromatic rings. The summed E-state index contributed by atoms with van der Waals surface area (Å²) in [6.45, 7) is 10.9. The number of hydrogen-bond acceptors (Lipinski definition) is 3. The number of likely N-dealkylation sites (tertiary alicyclic amines) is 1. The molecule has 0 aromatic carbocycles. The molecule has 2 rings (SSSR count). The van der Waals surface area contributed by atoms with Crippen LogP contribution in [0.3, 0.4) is 0 Å².